The van der Waals surface area contributed by atoms with Crippen molar-refractivity contribution in [2.24, 2.45) is 0 Å². The first-order chi connectivity index (χ1) is 13.1. The van der Waals surface area contributed by atoms with E-state index in [4.69, 9.17) is 14.4 Å². The minimum Gasteiger partial charge on any atom is -0.448 e. The van der Waals surface area contributed by atoms with E-state index < -0.39 is 0 Å². The van der Waals surface area contributed by atoms with E-state index in [1.165, 1.54) is 12.8 Å². The highest BCUT2D eigenvalue weighted by molar-refractivity contribution is 5.46. The van der Waals surface area contributed by atoms with Gasteiger partial charge < -0.3 is 14.2 Å². The highest BCUT2D eigenvalue weighted by Crippen LogP contribution is 2.23. The van der Waals surface area contributed by atoms with Gasteiger partial charge in [0.05, 0.1) is 5.69 Å². The van der Waals surface area contributed by atoms with Crippen molar-refractivity contribution in [3.05, 3.63) is 29.6 Å². The Labute approximate surface area is 161 Å². The van der Waals surface area contributed by atoms with E-state index in [1.54, 1.807) is 6.39 Å². The van der Waals surface area contributed by atoms with Crippen LogP contribution >= 0.6 is 0 Å². The van der Waals surface area contributed by atoms with Crippen molar-refractivity contribution in [2.75, 3.05) is 49.1 Å². The van der Waals surface area contributed by atoms with Crippen LogP contribution in [0, 0.1) is 6.92 Å². The van der Waals surface area contributed by atoms with Crippen molar-refractivity contribution in [1.29, 1.82) is 0 Å². The third-order valence-electron chi connectivity index (χ3n) is 5.48. The van der Waals surface area contributed by atoms with Crippen LogP contribution in [-0.4, -0.2) is 59.1 Å². The summed E-state index contributed by atoms with van der Waals surface area (Å²) in [6.07, 6.45) is 4.09. The zero-order valence-electron chi connectivity index (χ0n) is 16.7. The second kappa shape index (κ2) is 7.84. The molecule has 2 saturated heterocycles. The van der Waals surface area contributed by atoms with Crippen molar-refractivity contribution in [3.8, 4) is 0 Å². The summed E-state index contributed by atoms with van der Waals surface area (Å²) < 4.78 is 5.56. The van der Waals surface area contributed by atoms with Gasteiger partial charge in [0.25, 0.3) is 0 Å². The second-order valence-corrected chi connectivity index (χ2v) is 7.94. The molecule has 2 fully saturated rings. The minimum atomic E-state index is 0.369. The van der Waals surface area contributed by atoms with Crippen molar-refractivity contribution in [2.45, 2.75) is 46.1 Å². The SMILES string of the molecule is Cc1cc(N2CCCC2)nc(N2CCN(Cc3ncoc3C(C)C)CC2)n1. The number of hydrogen-bond donors (Lipinski definition) is 0. The normalized spacial score (nSPS) is 18.7. The molecule has 7 heteroatoms. The van der Waals surface area contributed by atoms with Gasteiger partial charge in [-0.15, -0.1) is 0 Å². The van der Waals surface area contributed by atoms with Crippen molar-refractivity contribution < 1.29 is 4.42 Å². The van der Waals surface area contributed by atoms with Gasteiger partial charge in [-0.05, 0) is 19.8 Å². The van der Waals surface area contributed by atoms with Crippen LogP contribution in [0.4, 0.5) is 11.8 Å². The molecule has 0 aromatic carbocycles. The molecule has 7 nitrogen and oxygen atoms in total. The molecule has 0 aliphatic carbocycles. The van der Waals surface area contributed by atoms with Gasteiger partial charge >= 0.3 is 0 Å². The largest absolute Gasteiger partial charge is 0.448 e. The topological polar surface area (TPSA) is 61.5 Å². The van der Waals surface area contributed by atoms with E-state index in [1.807, 2.05) is 0 Å². The average Bonchev–Trinajstić information content (AvgIpc) is 3.34. The van der Waals surface area contributed by atoms with Crippen LogP contribution in [-0.2, 0) is 6.54 Å². The molecule has 0 spiro atoms. The number of aryl methyl sites for hydroxylation is 1. The molecular weight excluding hydrogens is 340 g/mol. The van der Waals surface area contributed by atoms with Gasteiger partial charge in [-0.3, -0.25) is 4.90 Å². The molecule has 0 amide bonds. The molecule has 0 radical (unpaired) electrons. The Hall–Kier alpha value is -2.15. The summed E-state index contributed by atoms with van der Waals surface area (Å²) in [4.78, 5) is 21.1. The van der Waals surface area contributed by atoms with Gasteiger partial charge in [-0.2, -0.15) is 4.98 Å². The van der Waals surface area contributed by atoms with Crippen molar-refractivity contribution in [1.82, 2.24) is 19.9 Å². The van der Waals surface area contributed by atoms with Gasteiger partial charge in [-0.25, -0.2) is 9.97 Å². The molecule has 2 aromatic heterocycles. The zero-order chi connectivity index (χ0) is 18.8. The summed E-state index contributed by atoms with van der Waals surface area (Å²) in [5.41, 5.74) is 2.12. The van der Waals surface area contributed by atoms with Crippen LogP contribution in [0.25, 0.3) is 0 Å². The van der Waals surface area contributed by atoms with Crippen molar-refractivity contribution in [3.63, 3.8) is 0 Å². The molecule has 0 bridgehead atoms. The fourth-order valence-corrected chi connectivity index (χ4v) is 3.97. The molecule has 146 valence electrons. The predicted molar refractivity (Wildman–Crippen MR) is 106 cm³/mol. The fourth-order valence-electron chi connectivity index (χ4n) is 3.97. The molecule has 4 heterocycles. The highest BCUT2D eigenvalue weighted by atomic mass is 16.3. The van der Waals surface area contributed by atoms with Crippen molar-refractivity contribution >= 4 is 11.8 Å². The van der Waals surface area contributed by atoms with E-state index in [0.717, 1.165) is 74.7 Å². The van der Waals surface area contributed by atoms with Gasteiger partial charge in [-0.1, -0.05) is 13.8 Å². The van der Waals surface area contributed by atoms with E-state index >= 15 is 0 Å². The Balaban J connectivity index is 1.39. The number of piperazine rings is 1. The second-order valence-electron chi connectivity index (χ2n) is 7.94. The average molecular weight is 371 g/mol. The van der Waals surface area contributed by atoms with Crippen LogP contribution in [0.3, 0.4) is 0 Å². The number of rotatable bonds is 5. The van der Waals surface area contributed by atoms with Crippen LogP contribution < -0.4 is 9.80 Å². The Kier molecular flexibility index (Phi) is 5.29. The first kappa shape index (κ1) is 18.2. The molecule has 0 unspecified atom stereocenters. The highest BCUT2D eigenvalue weighted by Gasteiger charge is 2.23. The quantitative estimate of drug-likeness (QED) is 0.802. The fraction of sp³-hybridized carbons (Fsp3) is 0.650. The number of nitrogens with zero attached hydrogens (tertiary/aromatic N) is 6. The molecule has 0 saturated carbocycles. The zero-order valence-corrected chi connectivity index (χ0v) is 16.7. The smallest absolute Gasteiger partial charge is 0.227 e. The maximum atomic E-state index is 5.56. The lowest BCUT2D eigenvalue weighted by Crippen LogP contribution is -2.46. The Bertz CT molecular complexity index is 760. The molecule has 2 aliphatic heterocycles. The van der Waals surface area contributed by atoms with E-state index in [0.29, 0.717) is 5.92 Å². The molecule has 2 aliphatic rings. The number of oxazole rings is 1. The number of anilines is 2. The number of hydrogen-bond acceptors (Lipinski definition) is 7. The lowest BCUT2D eigenvalue weighted by atomic mass is 10.1. The minimum absolute atomic E-state index is 0.369. The maximum absolute atomic E-state index is 5.56. The molecular formula is C20H30N6O. The Morgan fingerprint density at radius 1 is 1.00 bits per heavy atom. The molecule has 4 rings (SSSR count). The lowest BCUT2D eigenvalue weighted by molar-refractivity contribution is 0.244. The molecule has 27 heavy (non-hydrogen) atoms. The molecule has 0 atom stereocenters. The first-order valence-electron chi connectivity index (χ1n) is 10.1. The van der Waals surface area contributed by atoms with Gasteiger partial charge in [0, 0.05) is 63.5 Å². The summed E-state index contributed by atoms with van der Waals surface area (Å²) in [6.45, 7) is 13.3. The summed E-state index contributed by atoms with van der Waals surface area (Å²) in [6, 6.07) is 2.11. The first-order valence-corrected chi connectivity index (χ1v) is 10.1. The van der Waals surface area contributed by atoms with Crippen LogP contribution in [0.15, 0.2) is 16.9 Å². The van der Waals surface area contributed by atoms with Crippen LogP contribution in [0.1, 0.15) is 49.8 Å². The summed E-state index contributed by atoms with van der Waals surface area (Å²) in [5.74, 6) is 3.34. The Morgan fingerprint density at radius 2 is 1.74 bits per heavy atom. The third-order valence-corrected chi connectivity index (χ3v) is 5.48. The summed E-state index contributed by atoms with van der Waals surface area (Å²) >= 11 is 0. The monoisotopic (exact) mass is 370 g/mol. The Morgan fingerprint density at radius 3 is 2.44 bits per heavy atom. The van der Waals surface area contributed by atoms with Gasteiger partial charge in [0.2, 0.25) is 5.95 Å². The third kappa shape index (κ3) is 4.08. The lowest BCUT2D eigenvalue weighted by Gasteiger charge is -2.35. The standard InChI is InChI=1S/C20H30N6O/c1-15(2)19-17(21-14-27-19)13-24-8-10-26(11-9-24)20-22-16(3)12-18(23-20)25-6-4-5-7-25/h12,14-15H,4-11,13H2,1-3H3. The number of aromatic nitrogens is 3. The summed E-state index contributed by atoms with van der Waals surface area (Å²) in [5, 5.41) is 0. The molecule has 2 aromatic rings. The summed E-state index contributed by atoms with van der Waals surface area (Å²) in [7, 11) is 0. The van der Waals surface area contributed by atoms with Crippen LogP contribution in [0.2, 0.25) is 0 Å². The van der Waals surface area contributed by atoms with E-state index in [9.17, 15) is 0 Å². The van der Waals surface area contributed by atoms with Crippen LogP contribution in [0.5, 0.6) is 0 Å². The molecule has 0 N–H and O–H groups in total. The van der Waals surface area contributed by atoms with Gasteiger partial charge in [0.1, 0.15) is 11.6 Å². The van der Waals surface area contributed by atoms with Gasteiger partial charge in [0.15, 0.2) is 6.39 Å². The van der Waals surface area contributed by atoms with E-state index in [2.05, 4.69) is 46.5 Å². The van der Waals surface area contributed by atoms with E-state index in [-0.39, 0.29) is 0 Å². The maximum Gasteiger partial charge on any atom is 0.227 e. The predicted octanol–water partition coefficient (Wildman–Crippen LogP) is 2.82.